The predicted octanol–water partition coefficient (Wildman–Crippen LogP) is 0.602. The van der Waals surface area contributed by atoms with Crippen molar-refractivity contribution in [3.8, 4) is 6.07 Å². The molecule has 0 saturated heterocycles. The van der Waals surface area contributed by atoms with Crippen LogP contribution in [0.5, 0.6) is 0 Å². The first-order valence-electron chi connectivity index (χ1n) is 5.96. The van der Waals surface area contributed by atoms with Gasteiger partial charge in [0.05, 0.1) is 12.7 Å². The van der Waals surface area contributed by atoms with Gasteiger partial charge in [-0.3, -0.25) is 0 Å². The van der Waals surface area contributed by atoms with E-state index in [9.17, 15) is 0 Å². The van der Waals surface area contributed by atoms with Crippen molar-refractivity contribution in [3.63, 3.8) is 0 Å². The topological polar surface area (TPSA) is 71.5 Å². The van der Waals surface area contributed by atoms with Gasteiger partial charge in [-0.1, -0.05) is 0 Å². The average molecular weight is 243 g/mol. The number of nitriles is 1. The monoisotopic (exact) mass is 243 g/mol. The summed E-state index contributed by atoms with van der Waals surface area (Å²) in [6.07, 6.45) is 1.65. The van der Waals surface area contributed by atoms with Crippen LogP contribution in [0.4, 0.5) is 0 Å². The van der Waals surface area contributed by atoms with E-state index in [4.69, 9.17) is 20.5 Å². The highest BCUT2D eigenvalue weighted by Crippen LogP contribution is 2.06. The molecule has 0 amide bonds. The molecule has 0 heterocycles. The summed E-state index contributed by atoms with van der Waals surface area (Å²) in [5.74, 6) is 0. The van der Waals surface area contributed by atoms with Gasteiger partial charge in [0.25, 0.3) is 0 Å². The van der Waals surface area contributed by atoms with Crippen LogP contribution in [0, 0.1) is 11.3 Å². The summed E-state index contributed by atoms with van der Waals surface area (Å²) in [5.41, 5.74) is 5.06. The van der Waals surface area contributed by atoms with E-state index in [2.05, 4.69) is 11.0 Å². The van der Waals surface area contributed by atoms with Crippen LogP contribution in [0.25, 0.3) is 0 Å². The molecule has 0 aliphatic carbocycles. The van der Waals surface area contributed by atoms with E-state index >= 15 is 0 Å². The smallest absolute Gasteiger partial charge is 0.102 e. The molecular formula is C12H25N3O2. The quantitative estimate of drug-likeness (QED) is 0.569. The highest BCUT2D eigenvalue weighted by molar-refractivity contribution is 5.01. The first-order valence-corrected chi connectivity index (χ1v) is 5.96. The lowest BCUT2D eigenvalue weighted by Crippen LogP contribution is -2.40. The van der Waals surface area contributed by atoms with Crippen LogP contribution >= 0.6 is 0 Å². The lowest BCUT2D eigenvalue weighted by molar-refractivity contribution is 0.129. The predicted molar refractivity (Wildman–Crippen MR) is 67.6 cm³/mol. The number of nitrogens with zero attached hydrogens (tertiary/aromatic N) is 2. The molecule has 0 aromatic rings. The van der Waals surface area contributed by atoms with Gasteiger partial charge in [0, 0.05) is 40.5 Å². The van der Waals surface area contributed by atoms with Crippen LogP contribution in [0.1, 0.15) is 19.8 Å². The minimum atomic E-state index is -0.743. The Morgan fingerprint density at radius 3 is 2.35 bits per heavy atom. The Morgan fingerprint density at radius 2 is 1.82 bits per heavy atom. The van der Waals surface area contributed by atoms with Crippen molar-refractivity contribution >= 4 is 0 Å². The van der Waals surface area contributed by atoms with Crippen molar-refractivity contribution < 1.29 is 9.47 Å². The molecule has 0 rings (SSSR count). The van der Waals surface area contributed by atoms with Crippen molar-refractivity contribution in [1.29, 1.82) is 5.26 Å². The van der Waals surface area contributed by atoms with E-state index in [-0.39, 0.29) is 0 Å². The maximum atomic E-state index is 8.86. The second-order valence-electron chi connectivity index (χ2n) is 4.46. The zero-order chi connectivity index (χ0) is 13.1. The van der Waals surface area contributed by atoms with Crippen LogP contribution in [0.15, 0.2) is 0 Å². The first-order chi connectivity index (χ1) is 8.05. The van der Waals surface area contributed by atoms with Crippen molar-refractivity contribution in [2.24, 2.45) is 5.73 Å². The number of hydrogen-bond acceptors (Lipinski definition) is 5. The molecule has 0 saturated carbocycles. The SMILES string of the molecule is COCCCN(CCOC)CCC(C)(N)C#N. The number of nitrogens with two attached hydrogens (primary N) is 1. The van der Waals surface area contributed by atoms with Crippen LogP contribution in [-0.2, 0) is 9.47 Å². The van der Waals surface area contributed by atoms with Gasteiger partial charge in [-0.25, -0.2) is 0 Å². The standard InChI is InChI=1S/C12H25N3O2/c1-12(14,11-13)5-7-15(8-10-17-3)6-4-9-16-2/h4-10,14H2,1-3H3. The Kier molecular flexibility index (Phi) is 9.00. The molecule has 5 nitrogen and oxygen atoms in total. The van der Waals surface area contributed by atoms with Crippen LogP contribution in [0.2, 0.25) is 0 Å². The van der Waals surface area contributed by atoms with Gasteiger partial charge in [0.1, 0.15) is 5.54 Å². The Balaban J connectivity index is 3.96. The third kappa shape index (κ3) is 9.07. The number of hydrogen-bond donors (Lipinski definition) is 1. The molecule has 0 fully saturated rings. The molecule has 100 valence electrons. The third-order valence-electron chi connectivity index (χ3n) is 2.64. The van der Waals surface area contributed by atoms with E-state index in [1.165, 1.54) is 0 Å². The second kappa shape index (κ2) is 9.37. The van der Waals surface area contributed by atoms with Gasteiger partial charge >= 0.3 is 0 Å². The van der Waals surface area contributed by atoms with Crippen molar-refractivity contribution in [1.82, 2.24) is 4.90 Å². The minimum Gasteiger partial charge on any atom is -0.385 e. The second-order valence-corrected chi connectivity index (χ2v) is 4.46. The molecule has 0 aromatic heterocycles. The van der Waals surface area contributed by atoms with E-state index in [0.717, 1.165) is 32.7 Å². The molecule has 0 spiro atoms. The van der Waals surface area contributed by atoms with Crippen LogP contribution in [-0.4, -0.2) is 57.5 Å². The first kappa shape index (κ1) is 16.3. The van der Waals surface area contributed by atoms with Crippen molar-refractivity contribution in [2.75, 3.05) is 47.1 Å². The molecule has 0 aliphatic rings. The maximum absolute atomic E-state index is 8.86. The van der Waals surface area contributed by atoms with E-state index < -0.39 is 5.54 Å². The van der Waals surface area contributed by atoms with Gasteiger partial charge < -0.3 is 20.1 Å². The van der Waals surface area contributed by atoms with Crippen molar-refractivity contribution in [3.05, 3.63) is 0 Å². The molecule has 0 bridgehead atoms. The summed E-state index contributed by atoms with van der Waals surface area (Å²) in [6, 6.07) is 2.12. The summed E-state index contributed by atoms with van der Waals surface area (Å²) in [7, 11) is 3.39. The lowest BCUT2D eigenvalue weighted by atomic mass is 10.0. The fraction of sp³-hybridized carbons (Fsp3) is 0.917. The summed E-state index contributed by atoms with van der Waals surface area (Å²) in [6.45, 7) is 5.83. The largest absolute Gasteiger partial charge is 0.385 e. The molecule has 17 heavy (non-hydrogen) atoms. The van der Waals surface area contributed by atoms with E-state index in [0.29, 0.717) is 13.0 Å². The highest BCUT2D eigenvalue weighted by Gasteiger charge is 2.18. The zero-order valence-corrected chi connectivity index (χ0v) is 11.2. The molecule has 0 aliphatic heterocycles. The molecule has 2 N–H and O–H groups in total. The Labute approximate surface area is 104 Å². The van der Waals surface area contributed by atoms with Gasteiger partial charge in [0.2, 0.25) is 0 Å². The van der Waals surface area contributed by atoms with E-state index in [1.54, 1.807) is 21.1 Å². The zero-order valence-electron chi connectivity index (χ0n) is 11.2. The Bertz CT molecular complexity index is 226. The average Bonchev–Trinajstić information content (AvgIpc) is 2.32. The Morgan fingerprint density at radius 1 is 1.18 bits per heavy atom. The van der Waals surface area contributed by atoms with Gasteiger partial charge in [-0.15, -0.1) is 0 Å². The fourth-order valence-electron chi connectivity index (χ4n) is 1.43. The summed E-state index contributed by atoms with van der Waals surface area (Å²) in [5, 5.41) is 8.86. The van der Waals surface area contributed by atoms with Gasteiger partial charge in [-0.05, 0) is 19.8 Å². The van der Waals surface area contributed by atoms with Crippen molar-refractivity contribution in [2.45, 2.75) is 25.3 Å². The fourth-order valence-corrected chi connectivity index (χ4v) is 1.43. The molecule has 5 heteroatoms. The number of rotatable bonds is 10. The normalized spacial score (nSPS) is 14.6. The lowest BCUT2D eigenvalue weighted by Gasteiger charge is -2.25. The Hall–Kier alpha value is -0.670. The van der Waals surface area contributed by atoms with Crippen LogP contribution in [0.3, 0.4) is 0 Å². The molecule has 1 atom stereocenters. The number of methoxy groups -OCH3 is 2. The molecule has 0 radical (unpaired) electrons. The molecular weight excluding hydrogens is 218 g/mol. The summed E-state index contributed by atoms with van der Waals surface area (Å²) < 4.78 is 10.1. The molecule has 0 aromatic carbocycles. The third-order valence-corrected chi connectivity index (χ3v) is 2.64. The maximum Gasteiger partial charge on any atom is 0.102 e. The summed E-state index contributed by atoms with van der Waals surface area (Å²) in [4.78, 5) is 2.25. The van der Waals surface area contributed by atoms with Gasteiger partial charge in [-0.2, -0.15) is 5.26 Å². The number of ether oxygens (including phenoxy) is 2. The van der Waals surface area contributed by atoms with Crippen LogP contribution < -0.4 is 5.73 Å². The minimum absolute atomic E-state index is 0.667. The van der Waals surface area contributed by atoms with Gasteiger partial charge in [0.15, 0.2) is 0 Å². The highest BCUT2D eigenvalue weighted by atomic mass is 16.5. The summed E-state index contributed by atoms with van der Waals surface area (Å²) >= 11 is 0. The molecule has 1 unspecified atom stereocenters. The van der Waals surface area contributed by atoms with E-state index in [1.807, 2.05) is 0 Å².